The van der Waals surface area contributed by atoms with Gasteiger partial charge in [0.15, 0.2) is 5.69 Å². The van der Waals surface area contributed by atoms with Crippen LogP contribution in [0.3, 0.4) is 0 Å². The third kappa shape index (κ3) is 3.60. The van der Waals surface area contributed by atoms with E-state index in [1.807, 2.05) is 0 Å². The van der Waals surface area contributed by atoms with Crippen molar-refractivity contribution in [2.24, 2.45) is 7.05 Å². The number of amides is 1. The minimum Gasteiger partial charge on any atom is -0.333 e. The number of aryl methyl sites for hydroxylation is 1. The van der Waals surface area contributed by atoms with E-state index in [0.717, 1.165) is 18.7 Å². The number of benzene rings is 1. The van der Waals surface area contributed by atoms with Crippen LogP contribution < -0.4 is 5.56 Å². The summed E-state index contributed by atoms with van der Waals surface area (Å²) in [6, 6.07) is 7.58. The third-order valence-corrected chi connectivity index (χ3v) is 5.03. The third-order valence-electron chi connectivity index (χ3n) is 5.03. The summed E-state index contributed by atoms with van der Waals surface area (Å²) in [6.07, 6.45) is -2.65. The molecule has 0 saturated carbocycles. The number of aromatic nitrogens is 3. The van der Waals surface area contributed by atoms with Crippen molar-refractivity contribution in [2.45, 2.75) is 19.1 Å². The predicted molar refractivity (Wildman–Crippen MR) is 98.7 cm³/mol. The summed E-state index contributed by atoms with van der Waals surface area (Å²) in [5.41, 5.74) is 0.324. The first-order valence-electron chi connectivity index (χ1n) is 9.04. The van der Waals surface area contributed by atoms with Crippen molar-refractivity contribution in [3.63, 3.8) is 0 Å². The number of pyridine rings is 1. The van der Waals surface area contributed by atoms with Gasteiger partial charge in [-0.15, -0.1) is 0 Å². The molecule has 3 aromatic rings. The topological polar surface area (TPSA) is 60.1 Å². The van der Waals surface area contributed by atoms with E-state index in [1.165, 1.54) is 39.8 Å². The molecular formula is C20H16F4N4O2. The Balaban J connectivity index is 1.63. The van der Waals surface area contributed by atoms with Crippen molar-refractivity contribution in [1.29, 1.82) is 0 Å². The molecule has 4 rings (SSSR count). The van der Waals surface area contributed by atoms with Crippen LogP contribution in [0.2, 0.25) is 0 Å². The normalized spacial score (nSPS) is 14.0. The molecular weight excluding hydrogens is 404 g/mol. The summed E-state index contributed by atoms with van der Waals surface area (Å²) in [5.74, 6) is -1.05. The number of alkyl halides is 3. The van der Waals surface area contributed by atoms with Crippen LogP contribution in [0.1, 0.15) is 27.3 Å². The second-order valence-corrected chi connectivity index (χ2v) is 7.02. The van der Waals surface area contributed by atoms with Crippen LogP contribution in [-0.2, 0) is 26.2 Å². The van der Waals surface area contributed by atoms with Crippen LogP contribution in [0.15, 0.2) is 47.4 Å². The van der Waals surface area contributed by atoms with Crippen molar-refractivity contribution >= 4 is 5.91 Å². The predicted octanol–water partition coefficient (Wildman–Crippen LogP) is 2.93. The Hall–Kier alpha value is -3.43. The SMILES string of the molecule is Cn1nc(C(=O)N2CCc3cc(=O)n(-c4ccc(F)cc4)cc3C2)cc1C(F)(F)F. The number of rotatable bonds is 2. The van der Waals surface area contributed by atoms with Gasteiger partial charge in [-0.3, -0.25) is 18.8 Å². The fourth-order valence-electron chi connectivity index (χ4n) is 3.50. The van der Waals surface area contributed by atoms with Gasteiger partial charge in [0.1, 0.15) is 11.5 Å². The molecule has 6 nitrogen and oxygen atoms in total. The molecule has 30 heavy (non-hydrogen) atoms. The summed E-state index contributed by atoms with van der Waals surface area (Å²) in [6.45, 7) is 0.372. The van der Waals surface area contributed by atoms with Gasteiger partial charge in [-0.05, 0) is 41.8 Å². The van der Waals surface area contributed by atoms with E-state index >= 15 is 0 Å². The molecule has 3 heterocycles. The minimum atomic E-state index is -4.61. The molecule has 0 radical (unpaired) electrons. The molecule has 10 heteroatoms. The summed E-state index contributed by atoms with van der Waals surface area (Å²) < 4.78 is 54.1. The fourth-order valence-corrected chi connectivity index (χ4v) is 3.50. The zero-order valence-electron chi connectivity index (χ0n) is 15.8. The average molecular weight is 420 g/mol. The molecule has 1 amide bonds. The Bertz CT molecular complexity index is 1180. The molecule has 1 aliphatic heterocycles. The Morgan fingerprint density at radius 1 is 1.10 bits per heavy atom. The lowest BCUT2D eigenvalue weighted by molar-refractivity contribution is -0.143. The molecule has 156 valence electrons. The number of hydrogen-bond donors (Lipinski definition) is 0. The second-order valence-electron chi connectivity index (χ2n) is 7.02. The summed E-state index contributed by atoms with van der Waals surface area (Å²) in [5, 5.41) is 3.71. The summed E-state index contributed by atoms with van der Waals surface area (Å²) in [7, 11) is 1.13. The molecule has 0 bridgehead atoms. The number of halogens is 4. The van der Waals surface area contributed by atoms with E-state index in [-0.39, 0.29) is 24.3 Å². The van der Waals surface area contributed by atoms with Gasteiger partial charge in [-0.25, -0.2) is 4.39 Å². The summed E-state index contributed by atoms with van der Waals surface area (Å²) in [4.78, 5) is 26.5. The van der Waals surface area contributed by atoms with Gasteiger partial charge in [0.25, 0.3) is 11.5 Å². The molecule has 0 N–H and O–H groups in total. The number of hydrogen-bond acceptors (Lipinski definition) is 3. The Labute approximate surface area is 168 Å². The largest absolute Gasteiger partial charge is 0.433 e. The quantitative estimate of drug-likeness (QED) is 0.599. The van der Waals surface area contributed by atoms with E-state index < -0.39 is 23.6 Å². The van der Waals surface area contributed by atoms with Gasteiger partial charge >= 0.3 is 6.18 Å². The second kappa shape index (κ2) is 7.12. The maximum absolute atomic E-state index is 13.2. The van der Waals surface area contributed by atoms with Crippen molar-refractivity contribution < 1.29 is 22.4 Å². The highest BCUT2D eigenvalue weighted by molar-refractivity contribution is 5.92. The van der Waals surface area contributed by atoms with Gasteiger partial charge in [0, 0.05) is 44.2 Å². The first kappa shape index (κ1) is 19.9. The van der Waals surface area contributed by atoms with E-state index in [9.17, 15) is 27.2 Å². The van der Waals surface area contributed by atoms with Gasteiger partial charge in [0.2, 0.25) is 0 Å². The first-order chi connectivity index (χ1) is 14.1. The smallest absolute Gasteiger partial charge is 0.333 e. The van der Waals surface area contributed by atoms with Crippen LogP contribution in [-0.4, -0.2) is 31.7 Å². The number of fused-ring (bicyclic) bond motifs is 1. The van der Waals surface area contributed by atoms with Crippen molar-refractivity contribution in [3.8, 4) is 5.69 Å². The van der Waals surface area contributed by atoms with Gasteiger partial charge in [-0.2, -0.15) is 18.3 Å². The highest BCUT2D eigenvalue weighted by Gasteiger charge is 2.36. The van der Waals surface area contributed by atoms with Gasteiger partial charge in [0.05, 0.1) is 0 Å². The maximum Gasteiger partial charge on any atom is 0.433 e. The van der Waals surface area contributed by atoms with Crippen molar-refractivity contribution in [3.05, 3.63) is 81.3 Å². The van der Waals surface area contributed by atoms with Crippen LogP contribution in [0.4, 0.5) is 17.6 Å². The Kier molecular flexibility index (Phi) is 4.71. The van der Waals surface area contributed by atoms with Crippen LogP contribution in [0, 0.1) is 5.82 Å². The maximum atomic E-state index is 13.2. The standard InChI is InChI=1S/C20H16F4N4O2/c1-26-17(20(22,23)24)9-16(25-26)19(30)27-7-6-12-8-18(29)28(11-13(12)10-27)15-4-2-14(21)3-5-15/h2-5,8-9,11H,6-7,10H2,1H3. The number of carbonyl (C=O) groups is 1. The summed E-state index contributed by atoms with van der Waals surface area (Å²) >= 11 is 0. The lowest BCUT2D eigenvalue weighted by Crippen LogP contribution is -2.37. The Morgan fingerprint density at radius 3 is 2.43 bits per heavy atom. The molecule has 2 aromatic heterocycles. The zero-order chi connectivity index (χ0) is 21.6. The Morgan fingerprint density at radius 2 is 1.80 bits per heavy atom. The zero-order valence-corrected chi connectivity index (χ0v) is 15.8. The van der Waals surface area contributed by atoms with Crippen molar-refractivity contribution in [2.75, 3.05) is 6.54 Å². The van der Waals surface area contributed by atoms with E-state index in [4.69, 9.17) is 0 Å². The molecule has 0 atom stereocenters. The highest BCUT2D eigenvalue weighted by Crippen LogP contribution is 2.30. The average Bonchev–Trinajstić information content (AvgIpc) is 3.09. The van der Waals surface area contributed by atoms with Gasteiger partial charge in [-0.1, -0.05) is 0 Å². The van der Waals surface area contributed by atoms with Crippen molar-refractivity contribution in [1.82, 2.24) is 19.2 Å². The highest BCUT2D eigenvalue weighted by atomic mass is 19.4. The molecule has 1 aromatic carbocycles. The molecule has 0 saturated heterocycles. The molecule has 0 aliphatic carbocycles. The number of nitrogens with zero attached hydrogens (tertiary/aromatic N) is 4. The lowest BCUT2D eigenvalue weighted by atomic mass is 10.0. The fraction of sp³-hybridized carbons (Fsp3) is 0.250. The molecule has 0 unspecified atom stereocenters. The van der Waals surface area contributed by atoms with E-state index in [2.05, 4.69) is 5.10 Å². The molecule has 1 aliphatic rings. The molecule has 0 spiro atoms. The lowest BCUT2D eigenvalue weighted by Gasteiger charge is -2.28. The number of carbonyl (C=O) groups excluding carboxylic acids is 1. The van der Waals surface area contributed by atoms with Gasteiger partial charge < -0.3 is 4.90 Å². The van der Waals surface area contributed by atoms with E-state index in [1.54, 1.807) is 6.20 Å². The monoisotopic (exact) mass is 420 g/mol. The van der Waals surface area contributed by atoms with Crippen LogP contribution >= 0.6 is 0 Å². The first-order valence-corrected chi connectivity index (χ1v) is 9.04. The minimum absolute atomic E-state index is 0.119. The molecule has 0 fully saturated rings. The van der Waals surface area contributed by atoms with Crippen LogP contribution in [0.5, 0.6) is 0 Å². The van der Waals surface area contributed by atoms with Crippen LogP contribution in [0.25, 0.3) is 5.69 Å². The van der Waals surface area contributed by atoms with E-state index in [0.29, 0.717) is 22.4 Å².